The van der Waals surface area contributed by atoms with Gasteiger partial charge in [-0.1, -0.05) is 36.4 Å². The first-order valence-electron chi connectivity index (χ1n) is 11.3. The third-order valence-electron chi connectivity index (χ3n) is 5.92. The van der Waals surface area contributed by atoms with Gasteiger partial charge in [-0.15, -0.1) is 0 Å². The maximum Gasteiger partial charge on any atom is 0.271 e. The Morgan fingerprint density at radius 2 is 1.65 bits per heavy atom. The van der Waals surface area contributed by atoms with Crippen LogP contribution < -0.4 is 19.8 Å². The van der Waals surface area contributed by atoms with Crippen LogP contribution in [0.3, 0.4) is 0 Å². The summed E-state index contributed by atoms with van der Waals surface area (Å²) in [7, 11) is 3.15. The van der Waals surface area contributed by atoms with E-state index in [9.17, 15) is 4.79 Å². The molecule has 0 aromatic heterocycles. The molecule has 3 aromatic rings. The van der Waals surface area contributed by atoms with Crippen molar-refractivity contribution in [1.82, 2.24) is 10.3 Å². The number of para-hydroxylation sites is 2. The highest BCUT2D eigenvalue weighted by molar-refractivity contribution is 5.95. The number of amides is 1. The number of carbonyl (C=O) groups excluding carboxylic acids is 1. The number of hydrogen-bond acceptors (Lipinski definition) is 6. The van der Waals surface area contributed by atoms with E-state index >= 15 is 0 Å². The quantitative estimate of drug-likeness (QED) is 0.411. The van der Waals surface area contributed by atoms with Gasteiger partial charge in [-0.05, 0) is 42.0 Å². The number of methoxy groups -OCH3 is 2. The molecule has 0 unspecified atom stereocenters. The van der Waals surface area contributed by atoms with Gasteiger partial charge < -0.3 is 14.4 Å². The fourth-order valence-electron chi connectivity index (χ4n) is 4.06. The maximum absolute atomic E-state index is 12.5. The Morgan fingerprint density at radius 3 is 2.32 bits per heavy atom. The molecule has 1 aliphatic rings. The summed E-state index contributed by atoms with van der Waals surface area (Å²) in [5, 5.41) is 4.08. The minimum absolute atomic E-state index is 0.263. The minimum Gasteiger partial charge on any atom is -0.493 e. The first kappa shape index (κ1) is 23.3. The molecule has 0 saturated carbocycles. The van der Waals surface area contributed by atoms with Gasteiger partial charge in [0.25, 0.3) is 5.91 Å². The van der Waals surface area contributed by atoms with Gasteiger partial charge in [0, 0.05) is 49.5 Å². The molecule has 176 valence electrons. The predicted molar refractivity (Wildman–Crippen MR) is 135 cm³/mol. The van der Waals surface area contributed by atoms with Gasteiger partial charge in [0.2, 0.25) is 0 Å². The average Bonchev–Trinajstić information content (AvgIpc) is 2.89. The van der Waals surface area contributed by atoms with E-state index in [4.69, 9.17) is 9.47 Å². The van der Waals surface area contributed by atoms with Crippen molar-refractivity contribution in [3.05, 3.63) is 89.5 Å². The van der Waals surface area contributed by atoms with Crippen molar-refractivity contribution in [1.29, 1.82) is 0 Å². The van der Waals surface area contributed by atoms with Crippen LogP contribution in [0.4, 0.5) is 5.69 Å². The highest BCUT2D eigenvalue weighted by atomic mass is 16.5. The molecule has 1 N–H and O–H groups in total. The molecular weight excluding hydrogens is 428 g/mol. The Morgan fingerprint density at radius 1 is 0.912 bits per heavy atom. The van der Waals surface area contributed by atoms with E-state index in [0.29, 0.717) is 22.6 Å². The van der Waals surface area contributed by atoms with Gasteiger partial charge in [0.1, 0.15) is 0 Å². The van der Waals surface area contributed by atoms with Crippen LogP contribution >= 0.6 is 0 Å². The van der Waals surface area contributed by atoms with E-state index < -0.39 is 0 Å². The molecule has 34 heavy (non-hydrogen) atoms. The molecule has 0 bridgehead atoms. The number of hydrazone groups is 1. The number of hydrogen-bond donors (Lipinski definition) is 1. The second-order valence-electron chi connectivity index (χ2n) is 8.08. The molecule has 0 atom stereocenters. The normalized spacial score (nSPS) is 14.2. The molecule has 1 saturated heterocycles. The van der Waals surface area contributed by atoms with Crippen LogP contribution in [0.15, 0.2) is 77.9 Å². The fourth-order valence-corrected chi connectivity index (χ4v) is 4.06. The van der Waals surface area contributed by atoms with Gasteiger partial charge in [-0.3, -0.25) is 9.69 Å². The molecule has 7 heteroatoms. The lowest BCUT2D eigenvalue weighted by atomic mass is 10.1. The lowest BCUT2D eigenvalue weighted by Gasteiger charge is -2.36. The summed E-state index contributed by atoms with van der Waals surface area (Å²) in [6.07, 6.45) is 1.54. The SMILES string of the molecule is COc1cccc(/C=N\NC(=O)c2ccc(CN3CCN(c4ccccc4)CC3)cc2)c1OC. The van der Waals surface area contributed by atoms with Crippen LogP contribution in [-0.2, 0) is 6.54 Å². The van der Waals surface area contributed by atoms with Crippen molar-refractivity contribution < 1.29 is 14.3 Å². The number of rotatable bonds is 8. The van der Waals surface area contributed by atoms with E-state index in [2.05, 4.69) is 44.6 Å². The zero-order valence-corrected chi connectivity index (χ0v) is 19.6. The summed E-state index contributed by atoms with van der Waals surface area (Å²) in [6.45, 7) is 4.93. The zero-order valence-electron chi connectivity index (χ0n) is 19.6. The van der Waals surface area contributed by atoms with Crippen molar-refractivity contribution in [2.24, 2.45) is 5.10 Å². The van der Waals surface area contributed by atoms with Gasteiger partial charge >= 0.3 is 0 Å². The van der Waals surface area contributed by atoms with Gasteiger partial charge in [0.05, 0.1) is 20.4 Å². The summed E-state index contributed by atoms with van der Waals surface area (Å²) in [4.78, 5) is 17.4. The number of nitrogens with zero attached hydrogens (tertiary/aromatic N) is 3. The molecule has 0 radical (unpaired) electrons. The number of piperazine rings is 1. The van der Waals surface area contributed by atoms with E-state index in [-0.39, 0.29) is 5.91 Å². The Labute approximate surface area is 200 Å². The van der Waals surface area contributed by atoms with Gasteiger partial charge in [0.15, 0.2) is 11.5 Å². The number of anilines is 1. The first-order valence-corrected chi connectivity index (χ1v) is 11.3. The van der Waals surface area contributed by atoms with E-state index in [1.54, 1.807) is 26.5 Å². The molecule has 7 nitrogen and oxygen atoms in total. The van der Waals surface area contributed by atoms with Crippen LogP contribution in [0.5, 0.6) is 11.5 Å². The lowest BCUT2D eigenvalue weighted by Crippen LogP contribution is -2.45. The second-order valence-corrected chi connectivity index (χ2v) is 8.08. The molecule has 1 aliphatic heterocycles. The van der Waals surface area contributed by atoms with Crippen LogP contribution in [0.25, 0.3) is 0 Å². The Hall–Kier alpha value is -3.84. The summed E-state index contributed by atoms with van der Waals surface area (Å²) in [5.74, 6) is 0.910. The fraction of sp³-hybridized carbons (Fsp3) is 0.259. The summed E-state index contributed by atoms with van der Waals surface area (Å²) in [6, 6.07) is 23.7. The summed E-state index contributed by atoms with van der Waals surface area (Å²) >= 11 is 0. The van der Waals surface area contributed by atoms with Crippen molar-refractivity contribution in [3.63, 3.8) is 0 Å². The molecule has 4 rings (SSSR count). The van der Waals surface area contributed by atoms with Gasteiger partial charge in [-0.2, -0.15) is 5.10 Å². The zero-order chi connectivity index (χ0) is 23.8. The molecule has 0 aliphatic carbocycles. The Bertz CT molecular complexity index is 1110. The van der Waals surface area contributed by atoms with Gasteiger partial charge in [-0.25, -0.2) is 5.43 Å². The number of benzene rings is 3. The molecule has 1 heterocycles. The van der Waals surface area contributed by atoms with Crippen molar-refractivity contribution in [2.75, 3.05) is 45.3 Å². The highest BCUT2D eigenvalue weighted by Crippen LogP contribution is 2.29. The molecular formula is C27H30N4O3. The van der Waals surface area contributed by atoms with Crippen molar-refractivity contribution >= 4 is 17.8 Å². The molecule has 1 fully saturated rings. The van der Waals surface area contributed by atoms with Crippen LogP contribution in [0.1, 0.15) is 21.5 Å². The third kappa shape index (κ3) is 5.74. The van der Waals surface area contributed by atoms with Crippen molar-refractivity contribution in [2.45, 2.75) is 6.54 Å². The van der Waals surface area contributed by atoms with Crippen LogP contribution in [0.2, 0.25) is 0 Å². The van der Waals surface area contributed by atoms with Crippen molar-refractivity contribution in [3.8, 4) is 11.5 Å². The third-order valence-corrected chi connectivity index (χ3v) is 5.92. The minimum atomic E-state index is -0.263. The maximum atomic E-state index is 12.5. The smallest absolute Gasteiger partial charge is 0.271 e. The van der Waals surface area contributed by atoms with E-state index in [0.717, 1.165) is 32.7 Å². The predicted octanol–water partition coefficient (Wildman–Crippen LogP) is 3.79. The molecule has 3 aromatic carbocycles. The largest absolute Gasteiger partial charge is 0.493 e. The number of nitrogens with one attached hydrogen (secondary N) is 1. The topological polar surface area (TPSA) is 66.4 Å². The van der Waals surface area contributed by atoms with E-state index in [1.807, 2.05) is 42.5 Å². The Balaban J connectivity index is 1.28. The highest BCUT2D eigenvalue weighted by Gasteiger charge is 2.17. The number of ether oxygens (including phenoxy) is 2. The molecule has 0 spiro atoms. The first-order chi connectivity index (χ1) is 16.7. The number of carbonyl (C=O) groups is 1. The average molecular weight is 459 g/mol. The standard InChI is InChI=1S/C27H30N4O3/c1-33-25-10-6-7-23(26(25)34-2)19-28-29-27(32)22-13-11-21(12-14-22)20-30-15-17-31(18-16-30)24-8-4-3-5-9-24/h3-14,19H,15-18,20H2,1-2H3,(H,29,32)/b28-19-. The Kier molecular flexibility index (Phi) is 7.78. The van der Waals surface area contributed by atoms with Crippen LogP contribution in [-0.4, -0.2) is 57.4 Å². The monoisotopic (exact) mass is 458 g/mol. The lowest BCUT2D eigenvalue weighted by molar-refractivity contribution is 0.0955. The van der Waals surface area contributed by atoms with Crippen LogP contribution in [0, 0.1) is 0 Å². The summed E-state index contributed by atoms with van der Waals surface area (Å²) < 4.78 is 10.7. The second kappa shape index (κ2) is 11.3. The summed E-state index contributed by atoms with van der Waals surface area (Å²) in [5.41, 5.74) is 6.32. The van der Waals surface area contributed by atoms with E-state index in [1.165, 1.54) is 11.3 Å². The molecule has 1 amide bonds.